The average molecular weight is 348 g/mol. The first-order chi connectivity index (χ1) is 11.8. The predicted molar refractivity (Wildman–Crippen MR) is 94.9 cm³/mol. The lowest BCUT2D eigenvalue weighted by molar-refractivity contribution is -0.132. The minimum absolute atomic E-state index is 0.171. The molecule has 3 heterocycles. The van der Waals surface area contributed by atoms with Crippen LogP contribution in [0.15, 0.2) is 18.2 Å². The molecule has 1 amide bonds. The molecule has 130 valence electrons. The van der Waals surface area contributed by atoms with Crippen molar-refractivity contribution in [1.29, 1.82) is 0 Å². The van der Waals surface area contributed by atoms with Crippen LogP contribution >= 0.6 is 11.8 Å². The zero-order valence-electron chi connectivity index (χ0n) is 13.8. The second-order valence-electron chi connectivity index (χ2n) is 6.58. The van der Waals surface area contributed by atoms with Gasteiger partial charge in [0.1, 0.15) is 13.2 Å². The molecule has 6 heteroatoms. The lowest BCUT2D eigenvalue weighted by atomic mass is 10.0. The summed E-state index contributed by atoms with van der Waals surface area (Å²) >= 11 is 1.94. The zero-order valence-corrected chi connectivity index (χ0v) is 14.6. The van der Waals surface area contributed by atoms with Gasteiger partial charge in [0.05, 0.1) is 6.04 Å². The Morgan fingerprint density at radius 1 is 1.29 bits per heavy atom. The van der Waals surface area contributed by atoms with Crippen LogP contribution in [0.25, 0.3) is 0 Å². The molecular formula is C18H24N2O3S. The molecule has 2 saturated heterocycles. The highest BCUT2D eigenvalue weighted by Gasteiger charge is 2.32. The fourth-order valence-electron chi connectivity index (χ4n) is 3.76. The summed E-state index contributed by atoms with van der Waals surface area (Å²) in [5, 5.41) is 3.46. The molecule has 5 nitrogen and oxygen atoms in total. The fraction of sp³-hybridized carbons (Fsp3) is 0.611. The summed E-state index contributed by atoms with van der Waals surface area (Å²) < 4.78 is 11.3. The van der Waals surface area contributed by atoms with E-state index in [2.05, 4.69) is 22.3 Å². The van der Waals surface area contributed by atoms with Gasteiger partial charge < -0.3 is 19.7 Å². The van der Waals surface area contributed by atoms with E-state index in [-0.39, 0.29) is 11.9 Å². The van der Waals surface area contributed by atoms with Crippen molar-refractivity contribution in [3.8, 4) is 11.5 Å². The SMILES string of the molecule is O=C(CC1CSCCN1)N1CCCC1c1ccc2c(c1)OCCO2. The topological polar surface area (TPSA) is 50.8 Å². The van der Waals surface area contributed by atoms with Crippen molar-refractivity contribution in [3.63, 3.8) is 0 Å². The van der Waals surface area contributed by atoms with E-state index in [1.807, 2.05) is 17.8 Å². The van der Waals surface area contributed by atoms with Gasteiger partial charge in [0, 0.05) is 37.1 Å². The van der Waals surface area contributed by atoms with Crippen molar-refractivity contribution in [2.45, 2.75) is 31.3 Å². The molecule has 2 fully saturated rings. The van der Waals surface area contributed by atoms with Crippen LogP contribution in [0.3, 0.4) is 0 Å². The lowest BCUT2D eigenvalue weighted by Crippen LogP contribution is -2.42. The Morgan fingerprint density at radius 3 is 3.00 bits per heavy atom. The van der Waals surface area contributed by atoms with E-state index in [9.17, 15) is 4.79 Å². The van der Waals surface area contributed by atoms with Gasteiger partial charge in [-0.25, -0.2) is 0 Å². The van der Waals surface area contributed by atoms with Crippen LogP contribution in [0.4, 0.5) is 0 Å². The number of ether oxygens (including phenoxy) is 2. The van der Waals surface area contributed by atoms with Gasteiger partial charge in [-0.3, -0.25) is 4.79 Å². The van der Waals surface area contributed by atoms with E-state index in [1.54, 1.807) is 0 Å². The second kappa shape index (κ2) is 7.23. The summed E-state index contributed by atoms with van der Waals surface area (Å²) in [6, 6.07) is 6.60. The highest BCUT2D eigenvalue weighted by atomic mass is 32.2. The third-order valence-electron chi connectivity index (χ3n) is 4.94. The first-order valence-electron chi connectivity index (χ1n) is 8.81. The molecule has 3 aliphatic heterocycles. The van der Waals surface area contributed by atoms with Crippen LogP contribution in [0.5, 0.6) is 11.5 Å². The molecule has 24 heavy (non-hydrogen) atoms. The molecule has 0 radical (unpaired) electrons. The molecule has 0 bridgehead atoms. The van der Waals surface area contributed by atoms with Gasteiger partial charge in [-0.05, 0) is 30.5 Å². The molecule has 2 atom stereocenters. The van der Waals surface area contributed by atoms with E-state index in [0.717, 1.165) is 54.5 Å². The minimum Gasteiger partial charge on any atom is -0.486 e. The van der Waals surface area contributed by atoms with E-state index in [0.29, 0.717) is 25.7 Å². The van der Waals surface area contributed by atoms with E-state index < -0.39 is 0 Å². The summed E-state index contributed by atoms with van der Waals surface area (Å²) in [4.78, 5) is 14.9. The van der Waals surface area contributed by atoms with Crippen LogP contribution in [0, 0.1) is 0 Å². The molecule has 2 unspecified atom stereocenters. The smallest absolute Gasteiger partial charge is 0.224 e. The number of hydrogen-bond acceptors (Lipinski definition) is 5. The molecule has 0 aliphatic carbocycles. The Hall–Kier alpha value is -1.40. The highest BCUT2D eigenvalue weighted by Crippen LogP contribution is 2.38. The maximum absolute atomic E-state index is 12.8. The largest absolute Gasteiger partial charge is 0.486 e. The van der Waals surface area contributed by atoms with Gasteiger partial charge in [0.15, 0.2) is 11.5 Å². The first-order valence-corrected chi connectivity index (χ1v) is 9.97. The van der Waals surface area contributed by atoms with Gasteiger partial charge in [-0.1, -0.05) is 6.07 Å². The number of amides is 1. The van der Waals surface area contributed by atoms with Crippen molar-refractivity contribution >= 4 is 17.7 Å². The van der Waals surface area contributed by atoms with Gasteiger partial charge >= 0.3 is 0 Å². The zero-order chi connectivity index (χ0) is 16.4. The monoisotopic (exact) mass is 348 g/mol. The number of fused-ring (bicyclic) bond motifs is 1. The number of carbonyl (C=O) groups excluding carboxylic acids is 1. The van der Waals surface area contributed by atoms with E-state index in [4.69, 9.17) is 9.47 Å². The second-order valence-corrected chi connectivity index (χ2v) is 7.73. The van der Waals surface area contributed by atoms with Crippen LogP contribution < -0.4 is 14.8 Å². The first kappa shape index (κ1) is 16.1. The maximum Gasteiger partial charge on any atom is 0.224 e. The van der Waals surface area contributed by atoms with Gasteiger partial charge in [-0.2, -0.15) is 11.8 Å². The number of rotatable bonds is 3. The van der Waals surface area contributed by atoms with E-state index in [1.165, 1.54) is 0 Å². The molecule has 4 rings (SSSR count). The highest BCUT2D eigenvalue weighted by molar-refractivity contribution is 7.99. The molecule has 0 aromatic heterocycles. The molecule has 1 N–H and O–H groups in total. The molecule has 0 spiro atoms. The van der Waals surface area contributed by atoms with E-state index >= 15 is 0 Å². The molecule has 1 aromatic carbocycles. The molecule has 3 aliphatic rings. The third-order valence-corrected chi connectivity index (χ3v) is 6.07. The lowest BCUT2D eigenvalue weighted by Gasteiger charge is -2.29. The van der Waals surface area contributed by atoms with Crippen LogP contribution in [-0.4, -0.2) is 54.7 Å². The summed E-state index contributed by atoms with van der Waals surface area (Å²) in [5.41, 5.74) is 1.16. The van der Waals surface area contributed by atoms with Crippen LogP contribution in [-0.2, 0) is 4.79 Å². The Morgan fingerprint density at radius 2 is 2.17 bits per heavy atom. The standard InChI is InChI=1S/C18H24N2O3S/c21-18(11-14-12-24-9-5-19-14)20-6-1-2-15(20)13-3-4-16-17(10-13)23-8-7-22-16/h3-4,10,14-15,19H,1-2,5-9,11-12H2. The number of hydrogen-bond donors (Lipinski definition) is 1. The quantitative estimate of drug-likeness (QED) is 0.908. The summed E-state index contributed by atoms with van der Waals surface area (Å²) in [5.74, 6) is 4.07. The molecule has 1 aromatic rings. The van der Waals surface area contributed by atoms with Crippen molar-refractivity contribution in [2.24, 2.45) is 0 Å². The van der Waals surface area contributed by atoms with Crippen molar-refractivity contribution in [1.82, 2.24) is 10.2 Å². The number of nitrogens with zero attached hydrogens (tertiary/aromatic N) is 1. The predicted octanol–water partition coefficient (Wildman–Crippen LogP) is 2.22. The van der Waals surface area contributed by atoms with Crippen molar-refractivity contribution in [2.75, 3.05) is 37.8 Å². The summed E-state index contributed by atoms with van der Waals surface area (Å²) in [6.45, 7) is 3.06. The van der Waals surface area contributed by atoms with Crippen LogP contribution in [0.1, 0.15) is 30.9 Å². The number of likely N-dealkylation sites (tertiary alicyclic amines) is 1. The van der Waals surface area contributed by atoms with Gasteiger partial charge in [-0.15, -0.1) is 0 Å². The third kappa shape index (κ3) is 3.35. The maximum atomic E-state index is 12.8. The van der Waals surface area contributed by atoms with Crippen molar-refractivity contribution in [3.05, 3.63) is 23.8 Å². The van der Waals surface area contributed by atoms with Crippen LogP contribution in [0.2, 0.25) is 0 Å². The minimum atomic E-state index is 0.171. The Kier molecular flexibility index (Phi) is 4.85. The Labute approximate surface area is 147 Å². The van der Waals surface area contributed by atoms with Gasteiger partial charge in [0.25, 0.3) is 0 Å². The molecule has 0 saturated carbocycles. The van der Waals surface area contributed by atoms with Gasteiger partial charge in [0.2, 0.25) is 5.91 Å². The van der Waals surface area contributed by atoms with Crippen molar-refractivity contribution < 1.29 is 14.3 Å². The number of benzene rings is 1. The average Bonchev–Trinajstić information content (AvgIpc) is 3.12. The summed E-state index contributed by atoms with van der Waals surface area (Å²) in [6.07, 6.45) is 2.70. The normalized spacial score (nSPS) is 26.4. The molecular weight excluding hydrogens is 324 g/mol. The summed E-state index contributed by atoms with van der Waals surface area (Å²) in [7, 11) is 0. The Bertz CT molecular complexity index is 604. The number of thioether (sulfide) groups is 1. The fourth-order valence-corrected chi connectivity index (χ4v) is 4.71. The number of nitrogens with one attached hydrogen (secondary N) is 1. The Balaban J connectivity index is 1.47. The number of carbonyl (C=O) groups is 1.